The molecule has 1 amide bonds. The fourth-order valence-electron chi connectivity index (χ4n) is 3.12. The molecule has 3 aromatic rings. The fourth-order valence-corrected chi connectivity index (χ4v) is 4.56. The molecule has 3 rings (SSSR count). The molecule has 8 nitrogen and oxygen atoms in total. The van der Waals surface area contributed by atoms with E-state index in [1.807, 2.05) is 6.92 Å². The lowest BCUT2D eigenvalue weighted by molar-refractivity contribution is -0.115. The van der Waals surface area contributed by atoms with Gasteiger partial charge in [0.15, 0.2) is 21.4 Å². The van der Waals surface area contributed by atoms with Crippen molar-refractivity contribution in [2.24, 2.45) is 0 Å². The lowest BCUT2D eigenvalue weighted by Gasteiger charge is -2.11. The molecule has 0 atom stereocenters. The molecule has 0 saturated heterocycles. The second-order valence-corrected chi connectivity index (χ2v) is 9.42. The highest BCUT2D eigenvalue weighted by Crippen LogP contribution is 2.33. The van der Waals surface area contributed by atoms with Crippen LogP contribution in [0.4, 0.5) is 5.69 Å². The Morgan fingerprint density at radius 3 is 2.50 bits per heavy atom. The summed E-state index contributed by atoms with van der Waals surface area (Å²) in [6, 6.07) is 11.2. The van der Waals surface area contributed by atoms with Crippen molar-refractivity contribution in [2.75, 3.05) is 18.2 Å². The molecule has 0 fully saturated rings. The molecule has 0 aliphatic rings. The molecule has 168 valence electrons. The minimum absolute atomic E-state index is 0.0302. The van der Waals surface area contributed by atoms with Crippen LogP contribution < -0.4 is 10.1 Å². The Balaban J connectivity index is 1.79. The molecule has 0 aliphatic heterocycles. The number of carbonyl (C=O) groups excluding carboxylic acids is 2. The van der Waals surface area contributed by atoms with Crippen LogP contribution in [0.1, 0.15) is 35.0 Å². The Bertz CT molecular complexity index is 1280. The van der Waals surface area contributed by atoms with Crippen molar-refractivity contribution in [3.05, 3.63) is 59.3 Å². The van der Waals surface area contributed by atoms with Crippen LogP contribution in [-0.2, 0) is 14.6 Å². The molecule has 0 bridgehead atoms. The Morgan fingerprint density at radius 1 is 1.12 bits per heavy atom. The molecular formula is C23H24N2O6S. The highest BCUT2D eigenvalue weighted by Gasteiger charge is 2.23. The monoisotopic (exact) mass is 456 g/mol. The van der Waals surface area contributed by atoms with Crippen LogP contribution in [0.2, 0.25) is 0 Å². The SMILES string of the molecule is COc1ccc(-c2onc(C)c2C)cc1S(=O)(=O)CCC(=O)Nc1cccc(C(C)=O)c1. The third kappa shape index (κ3) is 5.05. The van der Waals surface area contributed by atoms with Gasteiger partial charge in [0.1, 0.15) is 10.6 Å². The number of carbonyl (C=O) groups is 2. The summed E-state index contributed by atoms with van der Waals surface area (Å²) in [6.07, 6.45) is -0.263. The molecule has 32 heavy (non-hydrogen) atoms. The number of hydrogen-bond donors (Lipinski definition) is 1. The number of nitrogens with zero attached hydrogens (tertiary/aromatic N) is 1. The van der Waals surface area contributed by atoms with E-state index in [0.717, 1.165) is 5.56 Å². The summed E-state index contributed by atoms with van der Waals surface area (Å²) in [7, 11) is -2.47. The van der Waals surface area contributed by atoms with E-state index in [9.17, 15) is 18.0 Å². The standard InChI is InChI=1S/C23H24N2O6S/c1-14-15(2)25-31-23(14)18-8-9-20(30-4)21(13-18)32(28,29)11-10-22(27)24-19-7-5-6-17(12-19)16(3)26/h5-9,12-13H,10-11H2,1-4H3,(H,24,27). The number of benzene rings is 2. The molecule has 1 aromatic heterocycles. The predicted octanol–water partition coefficient (Wildman–Crippen LogP) is 3.97. The number of amides is 1. The van der Waals surface area contributed by atoms with Gasteiger partial charge in [-0.15, -0.1) is 0 Å². The Labute approximate surface area is 186 Å². The second kappa shape index (κ2) is 9.35. The van der Waals surface area contributed by atoms with Gasteiger partial charge in [0.05, 0.1) is 18.6 Å². The Hall–Kier alpha value is -3.46. The van der Waals surface area contributed by atoms with Crippen molar-refractivity contribution in [1.29, 1.82) is 0 Å². The smallest absolute Gasteiger partial charge is 0.225 e. The quantitative estimate of drug-likeness (QED) is 0.510. The number of ketones is 1. The zero-order chi connectivity index (χ0) is 23.5. The number of sulfone groups is 1. The molecule has 2 aromatic carbocycles. The van der Waals surface area contributed by atoms with Crippen molar-refractivity contribution in [2.45, 2.75) is 32.1 Å². The van der Waals surface area contributed by atoms with Crippen molar-refractivity contribution < 1.29 is 27.3 Å². The lowest BCUT2D eigenvalue weighted by Crippen LogP contribution is -2.18. The maximum atomic E-state index is 13.0. The normalized spacial score (nSPS) is 11.2. The minimum atomic E-state index is -3.85. The maximum Gasteiger partial charge on any atom is 0.225 e. The van der Waals surface area contributed by atoms with Crippen LogP contribution in [0.25, 0.3) is 11.3 Å². The van der Waals surface area contributed by atoms with Gasteiger partial charge in [-0.2, -0.15) is 0 Å². The van der Waals surface area contributed by atoms with E-state index in [4.69, 9.17) is 9.26 Å². The van der Waals surface area contributed by atoms with Gasteiger partial charge in [-0.3, -0.25) is 9.59 Å². The third-order valence-corrected chi connectivity index (χ3v) is 6.80. The van der Waals surface area contributed by atoms with Crippen molar-refractivity contribution in [1.82, 2.24) is 5.16 Å². The predicted molar refractivity (Wildman–Crippen MR) is 120 cm³/mol. The number of rotatable bonds is 8. The first-order chi connectivity index (χ1) is 15.1. The molecule has 1 N–H and O–H groups in total. The van der Waals surface area contributed by atoms with Gasteiger partial charge in [0.25, 0.3) is 0 Å². The van der Waals surface area contributed by atoms with E-state index in [2.05, 4.69) is 10.5 Å². The third-order valence-electron chi connectivity index (χ3n) is 5.07. The highest BCUT2D eigenvalue weighted by molar-refractivity contribution is 7.91. The van der Waals surface area contributed by atoms with Gasteiger partial charge in [-0.25, -0.2) is 8.42 Å². The van der Waals surface area contributed by atoms with Crippen LogP contribution in [0.5, 0.6) is 5.75 Å². The average molecular weight is 457 g/mol. The number of ether oxygens (including phenoxy) is 1. The van der Waals surface area contributed by atoms with Gasteiger partial charge in [0, 0.05) is 28.8 Å². The topological polar surface area (TPSA) is 116 Å². The Kier molecular flexibility index (Phi) is 6.78. The van der Waals surface area contributed by atoms with Crippen molar-refractivity contribution in [3.63, 3.8) is 0 Å². The summed E-state index contributed by atoms with van der Waals surface area (Å²) >= 11 is 0. The van der Waals surface area contributed by atoms with E-state index >= 15 is 0 Å². The summed E-state index contributed by atoms with van der Waals surface area (Å²) in [4.78, 5) is 23.8. The zero-order valence-electron chi connectivity index (χ0n) is 18.3. The first-order valence-corrected chi connectivity index (χ1v) is 11.5. The van der Waals surface area contributed by atoms with E-state index in [0.29, 0.717) is 28.3 Å². The van der Waals surface area contributed by atoms with Crippen LogP contribution >= 0.6 is 0 Å². The lowest BCUT2D eigenvalue weighted by atomic mass is 10.1. The van der Waals surface area contributed by atoms with Crippen molar-refractivity contribution in [3.8, 4) is 17.1 Å². The van der Waals surface area contributed by atoms with Crippen molar-refractivity contribution >= 4 is 27.2 Å². The van der Waals surface area contributed by atoms with Crippen LogP contribution in [0.15, 0.2) is 51.9 Å². The number of Topliss-reactive ketones (excluding diaryl/α,β-unsaturated/α-hetero) is 1. The molecule has 9 heteroatoms. The summed E-state index contributed by atoms with van der Waals surface area (Å²) in [5, 5.41) is 6.54. The molecule has 0 radical (unpaired) electrons. The molecule has 1 heterocycles. The summed E-state index contributed by atoms with van der Waals surface area (Å²) in [5.74, 6) is -0.375. The number of nitrogens with one attached hydrogen (secondary N) is 1. The summed E-state index contributed by atoms with van der Waals surface area (Å²) in [5.41, 5.74) is 2.95. The van der Waals surface area contributed by atoms with Gasteiger partial charge in [0.2, 0.25) is 5.91 Å². The average Bonchev–Trinajstić information content (AvgIpc) is 3.10. The molecular weight excluding hydrogens is 432 g/mol. The van der Waals surface area contributed by atoms with Crippen LogP contribution in [0, 0.1) is 13.8 Å². The van der Waals surface area contributed by atoms with Crippen LogP contribution in [0.3, 0.4) is 0 Å². The van der Waals surface area contributed by atoms with Crippen LogP contribution in [-0.4, -0.2) is 38.1 Å². The summed E-state index contributed by atoms with van der Waals surface area (Å²) < 4.78 is 36.6. The number of methoxy groups -OCH3 is 1. The maximum absolute atomic E-state index is 13.0. The molecule has 0 unspecified atom stereocenters. The summed E-state index contributed by atoms with van der Waals surface area (Å²) in [6.45, 7) is 5.07. The number of hydrogen-bond acceptors (Lipinski definition) is 7. The van der Waals surface area contributed by atoms with E-state index in [1.54, 1.807) is 43.3 Å². The first-order valence-electron chi connectivity index (χ1n) is 9.87. The van der Waals surface area contributed by atoms with Gasteiger partial charge in [-0.05, 0) is 51.1 Å². The largest absolute Gasteiger partial charge is 0.495 e. The molecule has 0 saturated carbocycles. The highest BCUT2D eigenvalue weighted by atomic mass is 32.2. The molecule has 0 aliphatic carbocycles. The van der Waals surface area contributed by atoms with Gasteiger partial charge < -0.3 is 14.6 Å². The second-order valence-electron chi connectivity index (χ2n) is 7.34. The number of anilines is 1. The molecule has 0 spiro atoms. The van der Waals surface area contributed by atoms with Gasteiger partial charge in [-0.1, -0.05) is 17.3 Å². The minimum Gasteiger partial charge on any atom is -0.495 e. The number of aromatic nitrogens is 1. The van der Waals surface area contributed by atoms with Gasteiger partial charge >= 0.3 is 0 Å². The Morgan fingerprint density at radius 2 is 1.88 bits per heavy atom. The number of aryl methyl sites for hydroxylation is 1. The van der Waals surface area contributed by atoms with E-state index in [-0.39, 0.29) is 22.8 Å². The fraction of sp³-hybridized carbons (Fsp3) is 0.261. The van der Waals surface area contributed by atoms with E-state index in [1.165, 1.54) is 20.1 Å². The first kappa shape index (κ1) is 23.2. The van der Waals surface area contributed by atoms with E-state index < -0.39 is 21.5 Å². The zero-order valence-corrected chi connectivity index (χ0v) is 19.1.